The fraction of sp³-hybridized carbons (Fsp3) is 0.600. The van der Waals surface area contributed by atoms with Crippen LogP contribution in [0.5, 0.6) is 0 Å². The number of amides is 2. The Kier molecular flexibility index (Phi) is 7.03. The molecule has 0 bridgehead atoms. The Morgan fingerprint density at radius 2 is 1.68 bits per heavy atom. The van der Waals surface area contributed by atoms with Crippen LogP contribution in [-0.2, 0) is 9.53 Å². The predicted molar refractivity (Wildman–Crippen MR) is 112 cm³/mol. The standard InChI is InChI=1S/C20H28ClN3O3.ClH/c1-4-27-16-13-20(22,19(16,2)3)18(26)24-11-9-23(10-12-24)17(25)14-5-7-15(21)8-6-14;/h5-8,16H,4,9-13,22H2,1-3H3;1H. The average Bonchev–Trinajstić information content (AvgIpc) is 2.67. The van der Waals surface area contributed by atoms with Crippen LogP contribution in [-0.4, -0.2) is 66.0 Å². The Bertz CT molecular complexity index is 718. The van der Waals surface area contributed by atoms with E-state index in [1.165, 1.54) is 0 Å². The number of piperazine rings is 1. The van der Waals surface area contributed by atoms with Gasteiger partial charge in [0.2, 0.25) is 5.91 Å². The van der Waals surface area contributed by atoms with Crippen molar-refractivity contribution in [3.63, 3.8) is 0 Å². The van der Waals surface area contributed by atoms with Crippen LogP contribution in [0.15, 0.2) is 24.3 Å². The Hall–Kier alpha value is -1.34. The molecule has 2 aliphatic rings. The molecule has 1 saturated heterocycles. The van der Waals surface area contributed by atoms with E-state index in [0.29, 0.717) is 49.8 Å². The fourth-order valence-electron chi connectivity index (χ4n) is 3.97. The van der Waals surface area contributed by atoms with Crippen molar-refractivity contribution >= 4 is 35.8 Å². The smallest absolute Gasteiger partial charge is 0.253 e. The van der Waals surface area contributed by atoms with Crippen molar-refractivity contribution in [1.82, 2.24) is 9.80 Å². The third-order valence-corrected chi connectivity index (χ3v) is 6.41. The Morgan fingerprint density at radius 3 is 2.18 bits per heavy atom. The maximum atomic E-state index is 13.1. The normalized spacial score (nSPS) is 26.2. The number of nitrogens with two attached hydrogens (primary N) is 1. The van der Waals surface area contributed by atoms with Crippen LogP contribution < -0.4 is 5.73 Å². The summed E-state index contributed by atoms with van der Waals surface area (Å²) in [5, 5.41) is 0.601. The zero-order valence-corrected chi connectivity index (χ0v) is 18.2. The Labute approximate surface area is 177 Å². The van der Waals surface area contributed by atoms with Gasteiger partial charge in [-0.05, 0) is 31.2 Å². The molecule has 2 unspecified atom stereocenters. The Morgan fingerprint density at radius 1 is 1.14 bits per heavy atom. The second kappa shape index (κ2) is 8.57. The second-order valence-corrected chi connectivity index (χ2v) is 8.37. The molecule has 156 valence electrons. The van der Waals surface area contributed by atoms with Crippen LogP contribution in [0.4, 0.5) is 0 Å². The highest BCUT2D eigenvalue weighted by Crippen LogP contribution is 2.50. The largest absolute Gasteiger partial charge is 0.378 e. The molecule has 1 aromatic carbocycles. The maximum absolute atomic E-state index is 13.1. The molecular formula is C20H29Cl2N3O3. The number of halogens is 2. The average molecular weight is 430 g/mol. The molecule has 2 N–H and O–H groups in total. The molecule has 8 heteroatoms. The van der Waals surface area contributed by atoms with Gasteiger partial charge in [0.15, 0.2) is 0 Å². The van der Waals surface area contributed by atoms with Crippen LogP contribution in [0.2, 0.25) is 5.02 Å². The van der Waals surface area contributed by atoms with Gasteiger partial charge < -0.3 is 20.3 Å². The molecule has 2 fully saturated rings. The quantitative estimate of drug-likeness (QED) is 0.797. The van der Waals surface area contributed by atoms with E-state index < -0.39 is 11.0 Å². The first kappa shape index (κ1) is 22.9. The number of benzene rings is 1. The van der Waals surface area contributed by atoms with Crippen molar-refractivity contribution in [2.75, 3.05) is 32.8 Å². The topological polar surface area (TPSA) is 75.9 Å². The van der Waals surface area contributed by atoms with E-state index in [0.717, 1.165) is 0 Å². The van der Waals surface area contributed by atoms with Gasteiger partial charge >= 0.3 is 0 Å². The molecule has 1 aromatic rings. The number of nitrogens with zero attached hydrogens (tertiary/aromatic N) is 2. The van der Waals surface area contributed by atoms with Crippen molar-refractivity contribution in [3.8, 4) is 0 Å². The predicted octanol–water partition coefficient (Wildman–Crippen LogP) is 2.58. The first-order chi connectivity index (χ1) is 12.7. The van der Waals surface area contributed by atoms with Crippen LogP contribution in [0, 0.1) is 5.41 Å². The van der Waals surface area contributed by atoms with Crippen molar-refractivity contribution in [2.24, 2.45) is 11.1 Å². The molecule has 0 radical (unpaired) electrons. The minimum absolute atomic E-state index is 0. The molecule has 1 heterocycles. The van der Waals surface area contributed by atoms with Gasteiger partial charge in [0.25, 0.3) is 5.91 Å². The summed E-state index contributed by atoms with van der Waals surface area (Å²) in [6.07, 6.45) is 0.542. The SMILES string of the molecule is CCOC1CC(N)(C(=O)N2CCN(C(=O)c3ccc(Cl)cc3)CC2)C1(C)C.Cl. The fourth-order valence-corrected chi connectivity index (χ4v) is 4.09. The van der Waals surface area contributed by atoms with Gasteiger partial charge in [0.1, 0.15) is 5.54 Å². The lowest BCUT2D eigenvalue weighted by molar-refractivity contribution is -0.180. The lowest BCUT2D eigenvalue weighted by atomic mass is 9.54. The Balaban J connectivity index is 0.00000280. The summed E-state index contributed by atoms with van der Waals surface area (Å²) in [7, 11) is 0. The van der Waals surface area contributed by atoms with E-state index in [1.807, 2.05) is 20.8 Å². The number of carbonyl (C=O) groups excluding carboxylic acids is 2. The highest BCUT2D eigenvalue weighted by Gasteiger charge is 2.63. The summed E-state index contributed by atoms with van der Waals surface area (Å²) in [6.45, 7) is 8.54. The molecule has 6 nitrogen and oxygen atoms in total. The summed E-state index contributed by atoms with van der Waals surface area (Å²) >= 11 is 5.88. The van der Waals surface area contributed by atoms with E-state index in [1.54, 1.807) is 34.1 Å². The zero-order valence-electron chi connectivity index (χ0n) is 16.6. The summed E-state index contributed by atoms with van der Waals surface area (Å²) in [6, 6.07) is 6.87. The number of hydrogen-bond donors (Lipinski definition) is 1. The molecule has 3 rings (SSSR count). The monoisotopic (exact) mass is 429 g/mol. The van der Waals surface area contributed by atoms with E-state index in [4.69, 9.17) is 22.1 Å². The van der Waals surface area contributed by atoms with Gasteiger partial charge in [-0.2, -0.15) is 0 Å². The molecule has 1 aliphatic heterocycles. The molecule has 0 spiro atoms. The number of hydrogen-bond acceptors (Lipinski definition) is 4. The van der Waals surface area contributed by atoms with E-state index in [-0.39, 0.29) is 30.3 Å². The van der Waals surface area contributed by atoms with Crippen molar-refractivity contribution < 1.29 is 14.3 Å². The minimum Gasteiger partial charge on any atom is -0.378 e. The van der Waals surface area contributed by atoms with E-state index in [2.05, 4.69) is 0 Å². The summed E-state index contributed by atoms with van der Waals surface area (Å²) in [5.74, 6) is -0.0799. The van der Waals surface area contributed by atoms with Gasteiger partial charge in [-0.3, -0.25) is 9.59 Å². The first-order valence-corrected chi connectivity index (χ1v) is 9.83. The molecule has 2 amide bonds. The summed E-state index contributed by atoms with van der Waals surface area (Å²) in [4.78, 5) is 29.2. The third kappa shape index (κ3) is 3.88. The molecule has 1 saturated carbocycles. The molecule has 1 aliphatic carbocycles. The van der Waals surface area contributed by atoms with Gasteiger partial charge in [0.05, 0.1) is 6.10 Å². The number of ether oxygens (including phenoxy) is 1. The van der Waals surface area contributed by atoms with Crippen molar-refractivity contribution in [1.29, 1.82) is 0 Å². The summed E-state index contributed by atoms with van der Waals surface area (Å²) < 4.78 is 5.72. The molecule has 28 heavy (non-hydrogen) atoms. The van der Waals surface area contributed by atoms with Gasteiger partial charge in [-0.15, -0.1) is 12.4 Å². The van der Waals surface area contributed by atoms with Gasteiger partial charge in [-0.1, -0.05) is 25.4 Å². The minimum atomic E-state index is -0.908. The zero-order chi connectivity index (χ0) is 19.8. The van der Waals surface area contributed by atoms with Gasteiger partial charge in [-0.25, -0.2) is 0 Å². The lowest BCUT2D eigenvalue weighted by Crippen LogP contribution is -2.76. The second-order valence-electron chi connectivity index (χ2n) is 7.93. The molecule has 0 aromatic heterocycles. The highest BCUT2D eigenvalue weighted by atomic mass is 35.5. The van der Waals surface area contributed by atoms with Crippen LogP contribution >= 0.6 is 24.0 Å². The highest BCUT2D eigenvalue weighted by molar-refractivity contribution is 6.30. The van der Waals surface area contributed by atoms with E-state index in [9.17, 15) is 9.59 Å². The molecule has 2 atom stereocenters. The van der Waals surface area contributed by atoms with E-state index >= 15 is 0 Å². The van der Waals surface area contributed by atoms with Crippen LogP contribution in [0.1, 0.15) is 37.6 Å². The van der Waals surface area contributed by atoms with Crippen molar-refractivity contribution in [3.05, 3.63) is 34.9 Å². The van der Waals surface area contributed by atoms with Gasteiger partial charge in [0, 0.05) is 55.2 Å². The first-order valence-electron chi connectivity index (χ1n) is 9.45. The maximum Gasteiger partial charge on any atom is 0.253 e. The molecular weight excluding hydrogens is 401 g/mol. The number of rotatable bonds is 4. The third-order valence-electron chi connectivity index (χ3n) is 6.16. The number of carbonyl (C=O) groups is 2. The van der Waals surface area contributed by atoms with Crippen LogP contribution in [0.25, 0.3) is 0 Å². The lowest BCUT2D eigenvalue weighted by Gasteiger charge is -2.59. The summed E-state index contributed by atoms with van der Waals surface area (Å²) in [5.41, 5.74) is 5.80. The van der Waals surface area contributed by atoms with Crippen LogP contribution in [0.3, 0.4) is 0 Å². The van der Waals surface area contributed by atoms with Crippen molar-refractivity contribution in [2.45, 2.75) is 38.8 Å².